The maximum atomic E-state index is 6.34. The molecule has 20 heavy (non-hydrogen) atoms. The second-order valence-corrected chi connectivity index (χ2v) is 5.07. The zero-order chi connectivity index (χ0) is 14.7. The van der Waals surface area contributed by atoms with Crippen molar-refractivity contribution in [2.75, 3.05) is 0 Å². The van der Waals surface area contributed by atoms with E-state index in [-0.39, 0.29) is 5.11 Å². The van der Waals surface area contributed by atoms with Crippen molar-refractivity contribution < 1.29 is 0 Å². The first-order chi connectivity index (χ1) is 9.49. The number of nitrogens with two attached hydrogens (primary N) is 1. The summed E-state index contributed by atoms with van der Waals surface area (Å²) in [5.41, 5.74) is 11.3. The van der Waals surface area contributed by atoms with Gasteiger partial charge in [-0.1, -0.05) is 29.3 Å². The molecule has 0 saturated heterocycles. The molecule has 1 aromatic carbocycles. The van der Waals surface area contributed by atoms with E-state index in [1.54, 1.807) is 10.9 Å². The molecule has 0 saturated carbocycles. The van der Waals surface area contributed by atoms with Gasteiger partial charge in [0.15, 0.2) is 5.11 Å². The number of aryl methyl sites for hydroxylation is 2. The molecule has 0 amide bonds. The predicted molar refractivity (Wildman–Crippen MR) is 85.6 cm³/mol. The lowest BCUT2D eigenvalue weighted by molar-refractivity contribution is 0.863. The summed E-state index contributed by atoms with van der Waals surface area (Å²) in [6.07, 6.45) is 1.55. The molecule has 0 unspecified atom stereocenters. The molecule has 1 aromatic heterocycles. The van der Waals surface area contributed by atoms with Gasteiger partial charge >= 0.3 is 0 Å². The standard InChI is InChI=1S/C13H14ClN5S/c1-8-3-5-10(6-4-8)19-12(14)11(9(2)18-19)7-16-17-13(15)20/h3-7H,1-2H3,(H3,15,17,20). The van der Waals surface area contributed by atoms with E-state index in [1.165, 1.54) is 5.56 Å². The van der Waals surface area contributed by atoms with Gasteiger partial charge in [0.1, 0.15) is 5.15 Å². The molecule has 0 aliphatic carbocycles. The molecule has 3 N–H and O–H groups in total. The minimum atomic E-state index is 0.0981. The summed E-state index contributed by atoms with van der Waals surface area (Å²) in [6, 6.07) is 7.93. The summed E-state index contributed by atoms with van der Waals surface area (Å²) in [5.74, 6) is 0. The quantitative estimate of drug-likeness (QED) is 0.519. The Morgan fingerprint density at radius 2 is 2.05 bits per heavy atom. The van der Waals surface area contributed by atoms with E-state index < -0.39 is 0 Å². The summed E-state index contributed by atoms with van der Waals surface area (Å²) in [4.78, 5) is 0. The first-order valence-electron chi connectivity index (χ1n) is 5.89. The van der Waals surface area contributed by atoms with Crippen LogP contribution in [-0.2, 0) is 0 Å². The van der Waals surface area contributed by atoms with Crippen molar-refractivity contribution >= 4 is 35.1 Å². The fourth-order valence-electron chi connectivity index (χ4n) is 1.68. The largest absolute Gasteiger partial charge is 0.375 e. The van der Waals surface area contributed by atoms with Crippen molar-refractivity contribution in [1.29, 1.82) is 0 Å². The Kier molecular flexibility index (Phi) is 4.36. The second-order valence-electron chi connectivity index (χ2n) is 4.27. The van der Waals surface area contributed by atoms with Crippen LogP contribution in [0.5, 0.6) is 0 Å². The van der Waals surface area contributed by atoms with Gasteiger partial charge in [-0.3, -0.25) is 5.43 Å². The van der Waals surface area contributed by atoms with Crippen molar-refractivity contribution in [3.63, 3.8) is 0 Å². The van der Waals surface area contributed by atoms with Crippen molar-refractivity contribution in [2.45, 2.75) is 13.8 Å². The molecule has 0 bridgehead atoms. The van der Waals surface area contributed by atoms with Gasteiger partial charge in [0.2, 0.25) is 0 Å². The van der Waals surface area contributed by atoms with Gasteiger partial charge in [-0.05, 0) is 38.2 Å². The first kappa shape index (κ1) is 14.5. The molecule has 1 heterocycles. The lowest BCUT2D eigenvalue weighted by atomic mass is 10.2. The molecule has 104 valence electrons. The molecule has 0 aliphatic heterocycles. The van der Waals surface area contributed by atoms with Gasteiger partial charge < -0.3 is 5.73 Å². The van der Waals surface area contributed by atoms with Crippen LogP contribution in [0.15, 0.2) is 29.4 Å². The Labute approximate surface area is 127 Å². The average Bonchev–Trinajstić information content (AvgIpc) is 2.67. The summed E-state index contributed by atoms with van der Waals surface area (Å²) >= 11 is 11.0. The molecule has 5 nitrogen and oxygen atoms in total. The molecule has 0 radical (unpaired) electrons. The van der Waals surface area contributed by atoms with E-state index in [9.17, 15) is 0 Å². The number of rotatable bonds is 3. The Balaban J connectivity index is 2.35. The number of hydrazone groups is 1. The summed E-state index contributed by atoms with van der Waals surface area (Å²) < 4.78 is 1.67. The number of halogens is 1. The van der Waals surface area contributed by atoms with E-state index in [0.717, 1.165) is 16.9 Å². The van der Waals surface area contributed by atoms with Crippen LogP contribution < -0.4 is 11.2 Å². The number of nitrogens with one attached hydrogen (secondary N) is 1. The highest BCUT2D eigenvalue weighted by atomic mass is 35.5. The Bertz CT molecular complexity index is 660. The van der Waals surface area contributed by atoms with Crippen molar-refractivity contribution in [1.82, 2.24) is 15.2 Å². The third-order valence-electron chi connectivity index (χ3n) is 2.69. The Morgan fingerprint density at radius 3 is 2.65 bits per heavy atom. The number of hydrogen-bond donors (Lipinski definition) is 2. The Morgan fingerprint density at radius 1 is 1.40 bits per heavy atom. The van der Waals surface area contributed by atoms with Crippen LogP contribution in [0.1, 0.15) is 16.8 Å². The average molecular weight is 308 g/mol. The van der Waals surface area contributed by atoms with Crippen LogP contribution in [0.2, 0.25) is 5.15 Å². The molecule has 7 heteroatoms. The summed E-state index contributed by atoms with van der Waals surface area (Å²) in [5, 5.41) is 8.90. The third-order valence-corrected chi connectivity index (χ3v) is 3.15. The minimum Gasteiger partial charge on any atom is -0.375 e. The number of thiocarbonyl (C=S) groups is 1. The molecule has 0 spiro atoms. The van der Waals surface area contributed by atoms with Crippen LogP contribution in [-0.4, -0.2) is 21.1 Å². The van der Waals surface area contributed by atoms with Crippen LogP contribution in [0, 0.1) is 13.8 Å². The highest BCUT2D eigenvalue weighted by molar-refractivity contribution is 7.80. The van der Waals surface area contributed by atoms with Crippen LogP contribution in [0.3, 0.4) is 0 Å². The maximum absolute atomic E-state index is 6.34. The predicted octanol–water partition coefficient (Wildman–Crippen LogP) is 2.31. The molecule has 2 rings (SSSR count). The lowest BCUT2D eigenvalue weighted by Gasteiger charge is -2.03. The topological polar surface area (TPSA) is 68.2 Å². The first-order valence-corrected chi connectivity index (χ1v) is 6.68. The number of aromatic nitrogens is 2. The van der Waals surface area contributed by atoms with Crippen LogP contribution >= 0.6 is 23.8 Å². The molecule has 2 aromatic rings. The van der Waals surface area contributed by atoms with E-state index in [4.69, 9.17) is 17.3 Å². The van der Waals surface area contributed by atoms with Gasteiger partial charge in [-0.15, -0.1) is 0 Å². The number of hydrogen-bond acceptors (Lipinski definition) is 3. The van der Waals surface area contributed by atoms with Gasteiger partial charge in [-0.25, -0.2) is 4.68 Å². The monoisotopic (exact) mass is 307 g/mol. The van der Waals surface area contributed by atoms with Gasteiger partial charge in [0.25, 0.3) is 0 Å². The van der Waals surface area contributed by atoms with E-state index in [1.807, 2.05) is 38.1 Å². The minimum absolute atomic E-state index is 0.0981. The fraction of sp³-hybridized carbons (Fsp3) is 0.154. The SMILES string of the molecule is Cc1ccc(-n2nc(C)c(C=NNC(N)=S)c2Cl)cc1. The fourth-order valence-corrected chi connectivity index (χ4v) is 2.05. The summed E-state index contributed by atoms with van der Waals surface area (Å²) in [7, 11) is 0. The van der Waals surface area contributed by atoms with Crippen molar-refractivity contribution in [3.8, 4) is 5.69 Å². The normalized spacial score (nSPS) is 10.9. The van der Waals surface area contributed by atoms with E-state index in [2.05, 4.69) is 27.8 Å². The Hall–Kier alpha value is -1.92. The number of nitrogens with zero attached hydrogens (tertiary/aromatic N) is 3. The summed E-state index contributed by atoms with van der Waals surface area (Å²) in [6.45, 7) is 3.89. The van der Waals surface area contributed by atoms with Gasteiger partial charge in [0.05, 0.1) is 23.2 Å². The zero-order valence-corrected chi connectivity index (χ0v) is 12.7. The van der Waals surface area contributed by atoms with Crippen molar-refractivity contribution in [2.24, 2.45) is 10.8 Å². The molecule has 0 atom stereocenters. The van der Waals surface area contributed by atoms with E-state index >= 15 is 0 Å². The highest BCUT2D eigenvalue weighted by Gasteiger charge is 2.12. The van der Waals surface area contributed by atoms with Gasteiger partial charge in [0, 0.05) is 0 Å². The van der Waals surface area contributed by atoms with Crippen LogP contribution in [0.4, 0.5) is 0 Å². The zero-order valence-electron chi connectivity index (χ0n) is 11.1. The highest BCUT2D eigenvalue weighted by Crippen LogP contribution is 2.22. The molecular formula is C13H14ClN5S. The second kappa shape index (κ2) is 6.02. The smallest absolute Gasteiger partial charge is 0.184 e. The molecular weight excluding hydrogens is 294 g/mol. The third kappa shape index (κ3) is 3.15. The molecule has 0 aliphatic rings. The lowest BCUT2D eigenvalue weighted by Crippen LogP contribution is -2.24. The van der Waals surface area contributed by atoms with E-state index in [0.29, 0.717) is 5.15 Å². The van der Waals surface area contributed by atoms with Gasteiger partial charge in [-0.2, -0.15) is 10.2 Å². The molecule has 0 fully saturated rings. The maximum Gasteiger partial charge on any atom is 0.184 e. The van der Waals surface area contributed by atoms with Crippen LogP contribution in [0.25, 0.3) is 5.69 Å². The van der Waals surface area contributed by atoms with Crippen molar-refractivity contribution in [3.05, 3.63) is 46.2 Å². The number of benzene rings is 1.